The molecule has 19 nitrogen and oxygen atoms in total. The number of hydrogen-bond acceptors (Lipinski definition) is 19. The fourth-order valence-electron chi connectivity index (χ4n) is 5.48. The topological polar surface area (TPSA) is 282 Å². The first-order valence-electron chi connectivity index (χ1n) is 14.0. The molecule has 2 aliphatic heterocycles. The molecule has 1 unspecified atom stereocenters. The van der Waals surface area contributed by atoms with Gasteiger partial charge in [0.25, 0.3) is 0 Å². The molecule has 4 N–H and O–H groups in total. The molecule has 0 bridgehead atoms. The van der Waals surface area contributed by atoms with E-state index in [4.69, 9.17) is 33.2 Å². The molecule has 0 amide bonds. The lowest BCUT2D eigenvalue weighted by Gasteiger charge is -2.58. The summed E-state index contributed by atoms with van der Waals surface area (Å²) in [6.45, 7) is 5.48. The van der Waals surface area contributed by atoms with Crippen LogP contribution >= 0.6 is 0 Å². The number of aliphatic hydroxyl groups excluding tert-OH is 1. The van der Waals surface area contributed by atoms with Crippen molar-refractivity contribution in [1.29, 1.82) is 0 Å². The minimum Gasteiger partial charge on any atom is -0.463 e. The molecule has 0 aromatic carbocycles. The summed E-state index contributed by atoms with van der Waals surface area (Å²) in [4.78, 5) is 99.4. The van der Waals surface area contributed by atoms with Crippen LogP contribution in [0.4, 0.5) is 0 Å². The average molecular weight is 679 g/mol. The Labute approximate surface area is 267 Å². The number of Topliss-reactive ketones (excluding diaryl/α,β-unsaturated/α-hetero) is 4. The van der Waals surface area contributed by atoms with E-state index in [-0.39, 0.29) is 0 Å². The third kappa shape index (κ3) is 7.25. The minimum absolute atomic E-state index is 0.566. The number of carbonyl (C=O) groups excluding carboxylic acids is 8. The molecular weight excluding hydrogens is 640 g/mol. The van der Waals surface area contributed by atoms with Crippen LogP contribution in [-0.2, 0) is 71.5 Å². The second-order valence-electron chi connectivity index (χ2n) is 11.1. The van der Waals surface area contributed by atoms with E-state index in [1.165, 1.54) is 0 Å². The summed E-state index contributed by atoms with van der Waals surface area (Å²) < 4.78 is 37.6. The summed E-state index contributed by atoms with van der Waals surface area (Å²) in [5.41, 5.74) is -11.3. The van der Waals surface area contributed by atoms with Crippen molar-refractivity contribution in [3.8, 4) is 0 Å². The number of rotatable bonds is 12. The zero-order valence-electron chi connectivity index (χ0n) is 26.7. The maximum absolute atomic E-state index is 13.2. The summed E-state index contributed by atoms with van der Waals surface area (Å²) in [7, 11) is 0. The van der Waals surface area contributed by atoms with Gasteiger partial charge >= 0.3 is 23.9 Å². The first kappa shape index (κ1) is 39.5. The number of aliphatic hydroxyl groups is 4. The van der Waals surface area contributed by atoms with Crippen molar-refractivity contribution in [2.45, 2.75) is 121 Å². The molecule has 11 atom stereocenters. The van der Waals surface area contributed by atoms with Gasteiger partial charge in [0.15, 0.2) is 41.1 Å². The molecule has 0 aromatic rings. The van der Waals surface area contributed by atoms with Gasteiger partial charge in [-0.1, -0.05) is 0 Å². The number of ether oxygens (including phenoxy) is 7. The van der Waals surface area contributed by atoms with Crippen molar-refractivity contribution in [2.24, 2.45) is 0 Å². The van der Waals surface area contributed by atoms with Gasteiger partial charge in [-0.25, -0.2) is 0 Å². The van der Waals surface area contributed by atoms with Crippen LogP contribution in [0.3, 0.4) is 0 Å². The van der Waals surface area contributed by atoms with Gasteiger partial charge in [0.1, 0.15) is 31.0 Å². The van der Waals surface area contributed by atoms with Gasteiger partial charge in [-0.05, 0) is 27.7 Å². The van der Waals surface area contributed by atoms with E-state index in [1.807, 2.05) is 0 Å². The zero-order valence-corrected chi connectivity index (χ0v) is 26.7. The van der Waals surface area contributed by atoms with Gasteiger partial charge in [-0.15, -0.1) is 0 Å². The standard InChI is InChI=1S/C28H38O19/c1-10(29)19(37)23-26(38,11(2)30)28(40,13(4)32)27(39,12(3)31)25(47-23)46-20-18(9-41-14(5)33)45-24(44-17(8)36)22(43-16(7)35)21(20)42-15(6)34/h18-25,37-40H,9H2,1-8H3/t18-,19?,20+,21+,22-,23-,24+,25-,26+,27+,28+/m1/s1. The summed E-state index contributed by atoms with van der Waals surface area (Å²) in [6.07, 6.45) is -17.4. The predicted octanol–water partition coefficient (Wildman–Crippen LogP) is -3.28. The summed E-state index contributed by atoms with van der Waals surface area (Å²) in [6, 6.07) is 0. The smallest absolute Gasteiger partial charge is 0.305 e. The van der Waals surface area contributed by atoms with Crippen molar-refractivity contribution >= 4 is 47.0 Å². The lowest BCUT2D eigenvalue weighted by Crippen LogP contribution is -2.87. The highest BCUT2D eigenvalue weighted by Crippen LogP contribution is 2.49. The van der Waals surface area contributed by atoms with Gasteiger partial charge in [0.2, 0.25) is 23.6 Å². The largest absolute Gasteiger partial charge is 0.463 e. The van der Waals surface area contributed by atoms with Gasteiger partial charge in [0.05, 0.1) is 0 Å². The van der Waals surface area contributed by atoms with E-state index in [1.54, 1.807) is 0 Å². The van der Waals surface area contributed by atoms with Crippen LogP contribution < -0.4 is 0 Å². The first-order chi connectivity index (χ1) is 21.5. The average Bonchev–Trinajstić information content (AvgIpc) is 2.93. The number of carbonyl (C=O) groups is 8. The van der Waals surface area contributed by atoms with E-state index in [0.29, 0.717) is 20.8 Å². The Morgan fingerprint density at radius 1 is 0.638 bits per heavy atom. The van der Waals surface area contributed by atoms with Crippen molar-refractivity contribution in [3.05, 3.63) is 0 Å². The highest BCUT2D eigenvalue weighted by Gasteiger charge is 2.80. The third-order valence-corrected chi connectivity index (χ3v) is 7.62. The summed E-state index contributed by atoms with van der Waals surface area (Å²) >= 11 is 0. The fourth-order valence-corrected chi connectivity index (χ4v) is 5.48. The van der Waals surface area contributed by atoms with Crippen LogP contribution in [-0.4, -0.2) is 140 Å². The molecule has 264 valence electrons. The molecule has 2 aliphatic rings. The molecule has 0 radical (unpaired) electrons. The monoisotopic (exact) mass is 678 g/mol. The van der Waals surface area contributed by atoms with E-state index in [0.717, 1.165) is 34.6 Å². The first-order valence-corrected chi connectivity index (χ1v) is 14.0. The highest BCUT2D eigenvalue weighted by atomic mass is 16.8. The lowest BCUT2D eigenvalue weighted by atomic mass is 9.60. The molecule has 2 saturated heterocycles. The second-order valence-corrected chi connectivity index (χ2v) is 11.1. The van der Waals surface area contributed by atoms with E-state index < -0.39 is 120 Å². The molecule has 2 fully saturated rings. The Morgan fingerprint density at radius 2 is 1.13 bits per heavy atom. The molecule has 2 rings (SSSR count). The fraction of sp³-hybridized carbons (Fsp3) is 0.714. The quantitative estimate of drug-likeness (QED) is 0.116. The van der Waals surface area contributed by atoms with Crippen molar-refractivity contribution in [2.75, 3.05) is 6.61 Å². The van der Waals surface area contributed by atoms with Crippen LogP contribution in [0.15, 0.2) is 0 Å². The second kappa shape index (κ2) is 14.6. The summed E-state index contributed by atoms with van der Waals surface area (Å²) in [5.74, 6) is -9.94. The van der Waals surface area contributed by atoms with Gasteiger partial charge in [-0.2, -0.15) is 0 Å². The van der Waals surface area contributed by atoms with Gasteiger partial charge in [0, 0.05) is 27.7 Å². The summed E-state index contributed by atoms with van der Waals surface area (Å²) in [5, 5.41) is 46.0. The van der Waals surface area contributed by atoms with E-state index in [9.17, 15) is 58.8 Å². The maximum atomic E-state index is 13.2. The van der Waals surface area contributed by atoms with Crippen LogP contribution in [0.1, 0.15) is 55.4 Å². The van der Waals surface area contributed by atoms with Crippen LogP contribution in [0, 0.1) is 0 Å². The third-order valence-electron chi connectivity index (χ3n) is 7.62. The lowest BCUT2D eigenvalue weighted by molar-refractivity contribution is -0.397. The Hall–Kier alpha value is -3.72. The minimum atomic E-state index is -3.91. The molecule has 0 spiro atoms. The normalized spacial score (nSPS) is 35.9. The van der Waals surface area contributed by atoms with Gasteiger partial charge < -0.3 is 53.6 Å². The number of hydrogen-bond donors (Lipinski definition) is 4. The molecular formula is C28H38O19. The highest BCUT2D eigenvalue weighted by molar-refractivity contribution is 6.05. The van der Waals surface area contributed by atoms with E-state index in [2.05, 4.69) is 0 Å². The molecule has 47 heavy (non-hydrogen) atoms. The maximum Gasteiger partial charge on any atom is 0.305 e. The molecule has 19 heteroatoms. The SMILES string of the molecule is CC(=O)OC[C@H]1O[C@H](OC(C)=O)[C@H](OC(C)=O)[C@@H](OC(C)=O)[C@H]1O[C@@H]1O[C@H](C(O)C(C)=O)[C@@](O)(C(C)=O)[C@@](O)(C(C)=O)[C@]1(O)C(C)=O. The van der Waals surface area contributed by atoms with Crippen molar-refractivity contribution in [1.82, 2.24) is 0 Å². The van der Waals surface area contributed by atoms with Gasteiger partial charge in [-0.3, -0.25) is 38.4 Å². The Morgan fingerprint density at radius 3 is 1.53 bits per heavy atom. The molecule has 2 heterocycles. The van der Waals surface area contributed by atoms with Crippen molar-refractivity contribution < 1.29 is 91.9 Å². The Kier molecular flexibility index (Phi) is 12.2. The van der Waals surface area contributed by atoms with Crippen molar-refractivity contribution in [3.63, 3.8) is 0 Å². The number of esters is 4. The molecule has 0 saturated carbocycles. The Bertz CT molecular complexity index is 1310. The zero-order chi connectivity index (χ0) is 36.4. The Balaban J connectivity index is 2.94. The van der Waals surface area contributed by atoms with Crippen LogP contribution in [0.25, 0.3) is 0 Å². The molecule has 0 aromatic heterocycles. The van der Waals surface area contributed by atoms with E-state index >= 15 is 0 Å². The predicted molar refractivity (Wildman–Crippen MR) is 145 cm³/mol. The van der Waals surface area contributed by atoms with Crippen LogP contribution in [0.5, 0.6) is 0 Å². The van der Waals surface area contributed by atoms with Crippen LogP contribution in [0.2, 0.25) is 0 Å². The number of ketones is 4. The molecule has 0 aliphatic carbocycles.